The highest BCUT2D eigenvalue weighted by Crippen LogP contribution is 2.32. The number of nitrogens with zero attached hydrogens (tertiary/aromatic N) is 4. The minimum absolute atomic E-state index is 0.474. The first-order valence-corrected chi connectivity index (χ1v) is 8.93. The summed E-state index contributed by atoms with van der Waals surface area (Å²) in [6, 6.07) is 10.8. The van der Waals surface area contributed by atoms with Crippen LogP contribution in [0.25, 0.3) is 21.8 Å². The summed E-state index contributed by atoms with van der Waals surface area (Å²) in [6.45, 7) is 0.474. The quantitative estimate of drug-likeness (QED) is 0.488. The Bertz CT molecular complexity index is 1040. The fourth-order valence-corrected chi connectivity index (χ4v) is 3.51. The Morgan fingerprint density at radius 1 is 0.889 bits per heavy atom. The van der Waals surface area contributed by atoms with E-state index < -0.39 is 11.7 Å². The van der Waals surface area contributed by atoms with Crippen LogP contribution in [0.2, 0.25) is 0 Å². The lowest BCUT2D eigenvalue weighted by Gasteiger charge is -2.06. The average molecular weight is 386 g/mol. The molecule has 0 N–H and O–H groups in total. The molecule has 136 valence electrons. The van der Waals surface area contributed by atoms with Gasteiger partial charge in [0.15, 0.2) is 0 Å². The lowest BCUT2D eigenvalue weighted by Crippen LogP contribution is -2.04. The molecule has 0 radical (unpaired) electrons. The van der Waals surface area contributed by atoms with E-state index in [2.05, 4.69) is 15.1 Å². The zero-order valence-corrected chi connectivity index (χ0v) is 14.7. The third-order valence-electron chi connectivity index (χ3n) is 4.02. The maximum absolute atomic E-state index is 12.7. The molecule has 27 heavy (non-hydrogen) atoms. The molecule has 1 aromatic carbocycles. The molecule has 0 spiro atoms. The summed E-state index contributed by atoms with van der Waals surface area (Å²) >= 11 is 1.40. The maximum Gasteiger partial charge on any atom is 0.416 e. The highest BCUT2D eigenvalue weighted by atomic mass is 32.1. The molecule has 3 heterocycles. The molecule has 0 saturated carbocycles. The van der Waals surface area contributed by atoms with Gasteiger partial charge < -0.3 is 0 Å². The summed E-state index contributed by atoms with van der Waals surface area (Å²) in [5, 5.41) is 6.92. The second kappa shape index (κ2) is 6.96. The second-order valence-electron chi connectivity index (χ2n) is 5.83. The van der Waals surface area contributed by atoms with Crippen molar-refractivity contribution in [3.8, 4) is 21.8 Å². The number of benzene rings is 1. The first-order valence-electron chi connectivity index (χ1n) is 8.05. The standard InChI is InChI=1S/C19H13F3N4S/c20-19(21,22)15-3-1-14(2-4-15)18-25-16(12-27-18)11-26-17(7-10-24-26)13-5-8-23-9-6-13/h1-10,12H,11H2. The van der Waals surface area contributed by atoms with E-state index in [9.17, 15) is 13.2 Å². The van der Waals surface area contributed by atoms with E-state index in [1.165, 1.54) is 23.5 Å². The molecule has 0 aliphatic heterocycles. The largest absolute Gasteiger partial charge is 0.416 e. The number of hydrogen-bond donors (Lipinski definition) is 0. The topological polar surface area (TPSA) is 43.6 Å². The molecule has 0 bridgehead atoms. The molecule has 0 fully saturated rings. The molecule has 0 saturated heterocycles. The SMILES string of the molecule is FC(F)(F)c1ccc(-c2nc(Cn3nccc3-c3ccncc3)cs2)cc1. The summed E-state index contributed by atoms with van der Waals surface area (Å²) < 4.78 is 39.9. The van der Waals surface area contributed by atoms with Crippen molar-refractivity contribution >= 4 is 11.3 Å². The van der Waals surface area contributed by atoms with Crippen LogP contribution in [-0.2, 0) is 12.7 Å². The van der Waals surface area contributed by atoms with E-state index >= 15 is 0 Å². The Balaban J connectivity index is 1.55. The molecule has 0 amide bonds. The smallest absolute Gasteiger partial charge is 0.265 e. The predicted molar refractivity (Wildman–Crippen MR) is 97.1 cm³/mol. The van der Waals surface area contributed by atoms with Crippen LogP contribution in [0.15, 0.2) is 66.4 Å². The molecule has 0 aliphatic carbocycles. The highest BCUT2D eigenvalue weighted by Gasteiger charge is 2.30. The Morgan fingerprint density at radius 3 is 2.33 bits per heavy atom. The zero-order valence-electron chi connectivity index (χ0n) is 13.9. The Kier molecular flexibility index (Phi) is 4.49. The molecule has 4 rings (SSSR count). The summed E-state index contributed by atoms with van der Waals surface area (Å²) in [7, 11) is 0. The van der Waals surface area contributed by atoms with E-state index in [1.54, 1.807) is 18.6 Å². The van der Waals surface area contributed by atoms with Crippen molar-refractivity contribution in [3.63, 3.8) is 0 Å². The number of alkyl halides is 3. The highest BCUT2D eigenvalue weighted by molar-refractivity contribution is 7.13. The molecule has 8 heteroatoms. The van der Waals surface area contributed by atoms with Gasteiger partial charge in [0.05, 0.1) is 23.5 Å². The molecule has 4 aromatic rings. The van der Waals surface area contributed by atoms with E-state index in [1.807, 2.05) is 28.3 Å². The number of pyridine rings is 1. The third kappa shape index (κ3) is 3.75. The van der Waals surface area contributed by atoms with Gasteiger partial charge in [0.25, 0.3) is 0 Å². The molecular weight excluding hydrogens is 373 g/mol. The van der Waals surface area contributed by atoms with Gasteiger partial charge in [-0.15, -0.1) is 11.3 Å². The summed E-state index contributed by atoms with van der Waals surface area (Å²) in [5.41, 5.74) is 2.74. The van der Waals surface area contributed by atoms with Gasteiger partial charge in [-0.3, -0.25) is 9.67 Å². The van der Waals surface area contributed by atoms with E-state index in [0.717, 1.165) is 29.1 Å². The lowest BCUT2D eigenvalue weighted by atomic mass is 10.1. The van der Waals surface area contributed by atoms with Gasteiger partial charge in [0.2, 0.25) is 0 Å². The van der Waals surface area contributed by atoms with Crippen LogP contribution in [0.5, 0.6) is 0 Å². The van der Waals surface area contributed by atoms with Crippen LogP contribution in [0.4, 0.5) is 13.2 Å². The molecule has 3 aromatic heterocycles. The first-order chi connectivity index (χ1) is 13.0. The van der Waals surface area contributed by atoms with Crippen LogP contribution in [0, 0.1) is 0 Å². The monoisotopic (exact) mass is 386 g/mol. The number of thiazole rings is 1. The van der Waals surface area contributed by atoms with Crippen LogP contribution in [0.1, 0.15) is 11.3 Å². The number of aromatic nitrogens is 4. The molecule has 0 unspecified atom stereocenters. The second-order valence-corrected chi connectivity index (χ2v) is 6.69. The van der Waals surface area contributed by atoms with Crippen molar-refractivity contribution in [1.82, 2.24) is 19.7 Å². The van der Waals surface area contributed by atoms with Crippen LogP contribution >= 0.6 is 11.3 Å². The van der Waals surface area contributed by atoms with E-state index in [0.29, 0.717) is 17.1 Å². The average Bonchev–Trinajstić information content (AvgIpc) is 3.32. The van der Waals surface area contributed by atoms with Gasteiger partial charge >= 0.3 is 6.18 Å². The first kappa shape index (κ1) is 17.4. The predicted octanol–water partition coefficient (Wildman–Crippen LogP) is 5.14. The van der Waals surface area contributed by atoms with Crippen LogP contribution in [0.3, 0.4) is 0 Å². The number of hydrogen-bond acceptors (Lipinski definition) is 4. The summed E-state index contributed by atoms with van der Waals surface area (Å²) in [6.07, 6.45) is 0.825. The Morgan fingerprint density at radius 2 is 1.63 bits per heavy atom. The summed E-state index contributed by atoms with van der Waals surface area (Å²) in [4.78, 5) is 8.56. The van der Waals surface area contributed by atoms with Gasteiger partial charge in [-0.1, -0.05) is 12.1 Å². The van der Waals surface area contributed by atoms with Crippen molar-refractivity contribution in [1.29, 1.82) is 0 Å². The Hall–Kier alpha value is -3.00. The molecule has 0 aliphatic rings. The van der Waals surface area contributed by atoms with E-state index in [-0.39, 0.29) is 0 Å². The molecular formula is C19H13F3N4S. The fraction of sp³-hybridized carbons (Fsp3) is 0.105. The number of rotatable bonds is 4. The molecule has 0 atom stereocenters. The van der Waals surface area contributed by atoms with Crippen molar-refractivity contribution in [2.75, 3.05) is 0 Å². The van der Waals surface area contributed by atoms with Crippen molar-refractivity contribution in [3.05, 3.63) is 77.7 Å². The fourth-order valence-electron chi connectivity index (χ4n) is 2.69. The van der Waals surface area contributed by atoms with Crippen LogP contribution < -0.4 is 0 Å². The Labute approximate surface area is 157 Å². The number of halogens is 3. The zero-order chi connectivity index (χ0) is 18.9. The lowest BCUT2D eigenvalue weighted by molar-refractivity contribution is -0.137. The maximum atomic E-state index is 12.7. The minimum Gasteiger partial charge on any atom is -0.265 e. The van der Waals surface area contributed by atoms with Gasteiger partial charge in [-0.25, -0.2) is 4.98 Å². The van der Waals surface area contributed by atoms with Crippen molar-refractivity contribution in [2.45, 2.75) is 12.7 Å². The van der Waals surface area contributed by atoms with Gasteiger partial charge in [-0.2, -0.15) is 18.3 Å². The van der Waals surface area contributed by atoms with Crippen molar-refractivity contribution in [2.24, 2.45) is 0 Å². The third-order valence-corrected chi connectivity index (χ3v) is 4.96. The van der Waals surface area contributed by atoms with Gasteiger partial charge in [0.1, 0.15) is 5.01 Å². The molecule has 4 nitrogen and oxygen atoms in total. The van der Waals surface area contributed by atoms with Crippen LogP contribution in [-0.4, -0.2) is 19.7 Å². The van der Waals surface area contributed by atoms with E-state index in [4.69, 9.17) is 0 Å². The minimum atomic E-state index is -4.34. The van der Waals surface area contributed by atoms with Gasteiger partial charge in [0, 0.05) is 35.1 Å². The van der Waals surface area contributed by atoms with Crippen molar-refractivity contribution < 1.29 is 13.2 Å². The van der Waals surface area contributed by atoms with Gasteiger partial charge in [-0.05, 0) is 30.3 Å². The summed E-state index contributed by atoms with van der Waals surface area (Å²) in [5.74, 6) is 0. The normalized spacial score (nSPS) is 11.7.